The molecule has 0 aromatic heterocycles. The molecule has 0 nitrogen and oxygen atoms in total. The lowest BCUT2D eigenvalue weighted by molar-refractivity contribution is 0.384. The first-order valence-corrected chi connectivity index (χ1v) is 5.79. The van der Waals surface area contributed by atoms with E-state index in [1.165, 1.54) is 47.7 Å². The third kappa shape index (κ3) is 2.52. The molecule has 0 aromatic rings. The van der Waals surface area contributed by atoms with Gasteiger partial charge < -0.3 is 0 Å². The Morgan fingerprint density at radius 1 is 1.22 bits per heavy atom. The Balaban J connectivity index is 2.08. The van der Waals surface area contributed by atoms with Crippen LogP contribution in [0.4, 0.5) is 0 Å². The average molecular weight is 140 g/mol. The third-order valence-corrected chi connectivity index (χ3v) is 3.20. The van der Waals surface area contributed by atoms with Crippen molar-refractivity contribution >= 4 is 9.52 Å². The molecule has 0 heterocycles. The Hall–Kier alpha value is 0.217. The summed E-state index contributed by atoms with van der Waals surface area (Å²) in [4.78, 5) is 0. The maximum atomic E-state index is 2.33. The van der Waals surface area contributed by atoms with E-state index in [0.717, 1.165) is 5.92 Å². The van der Waals surface area contributed by atoms with Crippen LogP contribution in [0.25, 0.3) is 0 Å². The largest absolute Gasteiger partial charge is 0.0733 e. The summed E-state index contributed by atoms with van der Waals surface area (Å²) < 4.78 is 0. The van der Waals surface area contributed by atoms with E-state index in [4.69, 9.17) is 0 Å². The summed E-state index contributed by atoms with van der Waals surface area (Å²) in [6.45, 7) is 2.33. The molecule has 0 aliphatic heterocycles. The molecule has 1 rings (SSSR count). The first-order valence-electron chi connectivity index (χ1n) is 4.08. The van der Waals surface area contributed by atoms with Gasteiger partial charge in [0.1, 0.15) is 0 Å². The van der Waals surface area contributed by atoms with Crippen molar-refractivity contribution in [3.63, 3.8) is 0 Å². The average Bonchev–Trinajstić information content (AvgIpc) is 1.91. The number of hydrogen-bond donors (Lipinski definition) is 0. The predicted molar refractivity (Wildman–Crippen MR) is 43.0 cm³/mol. The molecule has 0 atom stereocenters. The Kier molecular flexibility index (Phi) is 3.34. The van der Waals surface area contributed by atoms with Gasteiger partial charge in [-0.1, -0.05) is 44.7 Å². The van der Waals surface area contributed by atoms with E-state index in [0.29, 0.717) is 0 Å². The Bertz CT molecular complexity index is 62.2. The van der Waals surface area contributed by atoms with Crippen LogP contribution < -0.4 is 0 Å². The van der Waals surface area contributed by atoms with Gasteiger partial charge in [0.25, 0.3) is 0 Å². The molecule has 0 saturated heterocycles. The van der Waals surface area contributed by atoms with Gasteiger partial charge in [-0.05, 0) is 5.92 Å². The fourth-order valence-electron chi connectivity index (χ4n) is 1.68. The Morgan fingerprint density at radius 2 is 1.89 bits per heavy atom. The van der Waals surface area contributed by atoms with Crippen LogP contribution in [0, 0.1) is 5.92 Å². The van der Waals surface area contributed by atoms with Gasteiger partial charge in [0.05, 0.1) is 0 Å². The smallest absolute Gasteiger partial charge is 0.0345 e. The zero-order chi connectivity index (χ0) is 6.53. The molecule has 0 aromatic carbocycles. The summed E-state index contributed by atoms with van der Waals surface area (Å²) in [5, 5.41) is 0. The Morgan fingerprint density at radius 3 is 2.44 bits per heavy atom. The molecule has 0 spiro atoms. The van der Waals surface area contributed by atoms with Crippen molar-refractivity contribution in [2.24, 2.45) is 5.92 Å². The topological polar surface area (TPSA) is 0 Å². The van der Waals surface area contributed by atoms with E-state index >= 15 is 0 Å². The molecular weight excluding hydrogens is 124 g/mol. The quantitative estimate of drug-likeness (QED) is 0.517. The SMILES string of the molecule is C[Si]CC1CCCCC1. The molecule has 0 N–H and O–H groups in total. The summed E-state index contributed by atoms with van der Waals surface area (Å²) in [6, 6.07) is 1.51. The Labute approximate surface area is 60.9 Å². The van der Waals surface area contributed by atoms with Crippen LogP contribution in [0.5, 0.6) is 0 Å². The van der Waals surface area contributed by atoms with Gasteiger partial charge in [-0.15, -0.1) is 0 Å². The minimum Gasteiger partial charge on any atom is -0.0733 e. The van der Waals surface area contributed by atoms with E-state index in [-0.39, 0.29) is 0 Å². The second kappa shape index (κ2) is 4.10. The van der Waals surface area contributed by atoms with Crippen LogP contribution in [0.3, 0.4) is 0 Å². The van der Waals surface area contributed by atoms with Gasteiger partial charge >= 0.3 is 0 Å². The standard InChI is InChI=1S/C8H16Si/c1-9-7-8-5-3-2-4-6-8/h8H,2-7H2,1H3. The van der Waals surface area contributed by atoms with Crippen molar-refractivity contribution in [2.75, 3.05) is 0 Å². The zero-order valence-electron chi connectivity index (χ0n) is 6.32. The maximum Gasteiger partial charge on any atom is 0.0345 e. The molecule has 1 fully saturated rings. The molecular formula is C8H16Si. The van der Waals surface area contributed by atoms with E-state index in [2.05, 4.69) is 6.55 Å². The molecule has 1 saturated carbocycles. The first kappa shape index (κ1) is 7.33. The molecule has 1 aliphatic rings. The summed E-state index contributed by atoms with van der Waals surface area (Å²) in [5.74, 6) is 1.11. The van der Waals surface area contributed by atoms with Crippen molar-refractivity contribution in [1.29, 1.82) is 0 Å². The molecule has 1 heteroatoms. The molecule has 2 radical (unpaired) electrons. The third-order valence-electron chi connectivity index (χ3n) is 2.22. The summed E-state index contributed by atoms with van der Waals surface area (Å²) in [5.41, 5.74) is 0. The lowest BCUT2D eigenvalue weighted by Crippen LogP contribution is -2.06. The van der Waals surface area contributed by atoms with Gasteiger partial charge in [0, 0.05) is 9.52 Å². The zero-order valence-corrected chi connectivity index (χ0v) is 7.32. The van der Waals surface area contributed by atoms with Crippen LogP contribution >= 0.6 is 0 Å². The van der Waals surface area contributed by atoms with Gasteiger partial charge in [-0.3, -0.25) is 0 Å². The summed E-state index contributed by atoms with van der Waals surface area (Å²) in [7, 11) is 1.19. The van der Waals surface area contributed by atoms with E-state index in [1.807, 2.05) is 0 Å². The lowest BCUT2D eigenvalue weighted by atomic mass is 9.91. The van der Waals surface area contributed by atoms with Crippen molar-refractivity contribution in [1.82, 2.24) is 0 Å². The van der Waals surface area contributed by atoms with Crippen LogP contribution in [0.15, 0.2) is 0 Å². The van der Waals surface area contributed by atoms with E-state index < -0.39 is 0 Å². The van der Waals surface area contributed by atoms with Crippen molar-refractivity contribution in [3.05, 3.63) is 0 Å². The first-order chi connectivity index (χ1) is 4.43. The van der Waals surface area contributed by atoms with Crippen molar-refractivity contribution in [2.45, 2.75) is 44.7 Å². The normalized spacial score (nSPS) is 22.3. The van der Waals surface area contributed by atoms with E-state index in [9.17, 15) is 0 Å². The fraction of sp³-hybridized carbons (Fsp3) is 1.00. The van der Waals surface area contributed by atoms with Crippen molar-refractivity contribution < 1.29 is 0 Å². The minimum absolute atomic E-state index is 1.11. The monoisotopic (exact) mass is 140 g/mol. The second-order valence-corrected chi connectivity index (χ2v) is 4.18. The molecule has 0 unspecified atom stereocenters. The molecule has 52 valence electrons. The number of rotatable bonds is 2. The highest BCUT2D eigenvalue weighted by Crippen LogP contribution is 2.25. The lowest BCUT2D eigenvalue weighted by Gasteiger charge is -2.20. The maximum absolute atomic E-state index is 2.33. The fourth-order valence-corrected chi connectivity index (χ4v) is 2.67. The highest BCUT2D eigenvalue weighted by molar-refractivity contribution is 6.33. The van der Waals surface area contributed by atoms with Gasteiger partial charge in [0.2, 0.25) is 0 Å². The van der Waals surface area contributed by atoms with Crippen LogP contribution in [-0.4, -0.2) is 9.52 Å². The summed E-state index contributed by atoms with van der Waals surface area (Å²) in [6.07, 6.45) is 7.58. The molecule has 9 heavy (non-hydrogen) atoms. The van der Waals surface area contributed by atoms with Gasteiger partial charge in [-0.2, -0.15) is 0 Å². The number of hydrogen-bond acceptors (Lipinski definition) is 0. The summed E-state index contributed by atoms with van der Waals surface area (Å²) >= 11 is 0. The van der Waals surface area contributed by atoms with E-state index in [1.54, 1.807) is 0 Å². The highest BCUT2D eigenvalue weighted by Gasteiger charge is 2.11. The predicted octanol–water partition coefficient (Wildman–Crippen LogP) is 2.74. The van der Waals surface area contributed by atoms with Gasteiger partial charge in [0.15, 0.2) is 0 Å². The van der Waals surface area contributed by atoms with Gasteiger partial charge in [-0.25, -0.2) is 0 Å². The molecule has 0 amide bonds. The van der Waals surface area contributed by atoms with Crippen molar-refractivity contribution in [3.8, 4) is 0 Å². The molecule has 1 aliphatic carbocycles. The minimum atomic E-state index is 1.11. The molecule has 0 bridgehead atoms. The second-order valence-electron chi connectivity index (χ2n) is 3.06. The van der Waals surface area contributed by atoms with Crippen LogP contribution in [-0.2, 0) is 0 Å². The van der Waals surface area contributed by atoms with Crippen LogP contribution in [0.2, 0.25) is 12.6 Å². The van der Waals surface area contributed by atoms with Crippen LogP contribution in [0.1, 0.15) is 32.1 Å². The highest BCUT2D eigenvalue weighted by atomic mass is 28.2.